The monoisotopic (exact) mass is 791 g/mol. The minimum Gasteiger partial charge on any atom is -0.307 e. The van der Waals surface area contributed by atoms with Crippen LogP contribution in [0, 0.1) is 0 Å². The van der Waals surface area contributed by atoms with Crippen molar-refractivity contribution in [2.75, 3.05) is 0 Å². The van der Waals surface area contributed by atoms with Gasteiger partial charge in [0.05, 0.1) is 22.1 Å². The Bertz CT molecular complexity index is 3610. The third-order valence-electron chi connectivity index (χ3n) is 12.0. The number of hydrogen-bond donors (Lipinski definition) is 0. The van der Waals surface area contributed by atoms with E-state index in [9.17, 15) is 0 Å². The average Bonchev–Trinajstić information content (AvgIpc) is 3.88. The van der Waals surface area contributed by atoms with Gasteiger partial charge in [-0.3, -0.25) is 4.57 Å². The minimum absolute atomic E-state index is 0.557. The zero-order chi connectivity index (χ0) is 41.0. The second kappa shape index (κ2) is 14.7. The Balaban J connectivity index is 1.10. The molecule has 5 heteroatoms. The van der Waals surface area contributed by atoms with Crippen LogP contribution in [0.25, 0.3) is 111 Å². The van der Waals surface area contributed by atoms with Crippen molar-refractivity contribution in [1.29, 1.82) is 0 Å². The first kappa shape index (κ1) is 35.5. The molecular formula is C57H37N5. The third kappa shape index (κ3) is 5.98. The highest BCUT2D eigenvalue weighted by Gasteiger charge is 2.23. The van der Waals surface area contributed by atoms with Gasteiger partial charge in [-0.15, -0.1) is 0 Å². The first-order chi connectivity index (χ1) is 30.7. The summed E-state index contributed by atoms with van der Waals surface area (Å²) < 4.78 is 4.67. The first-order valence-electron chi connectivity index (χ1n) is 20.9. The van der Waals surface area contributed by atoms with Crippen LogP contribution < -0.4 is 0 Å². The second-order valence-electron chi connectivity index (χ2n) is 15.7. The molecule has 290 valence electrons. The van der Waals surface area contributed by atoms with Gasteiger partial charge in [-0.2, -0.15) is 9.97 Å². The van der Waals surface area contributed by atoms with E-state index in [1.807, 2.05) is 18.2 Å². The number of aromatic nitrogens is 5. The fourth-order valence-electron chi connectivity index (χ4n) is 9.06. The van der Waals surface area contributed by atoms with Crippen molar-refractivity contribution in [2.45, 2.75) is 0 Å². The van der Waals surface area contributed by atoms with Crippen LogP contribution in [0.3, 0.4) is 0 Å². The largest absolute Gasteiger partial charge is 0.307 e. The normalized spacial score (nSPS) is 11.5. The van der Waals surface area contributed by atoms with Crippen LogP contribution >= 0.6 is 0 Å². The van der Waals surface area contributed by atoms with Gasteiger partial charge in [-0.05, 0) is 63.7 Å². The van der Waals surface area contributed by atoms with E-state index in [0.717, 1.165) is 71.7 Å². The summed E-state index contributed by atoms with van der Waals surface area (Å²) in [5.41, 5.74) is 14.2. The van der Waals surface area contributed by atoms with E-state index in [2.05, 4.69) is 215 Å². The number of hydrogen-bond acceptors (Lipinski definition) is 3. The molecule has 9 aromatic carbocycles. The van der Waals surface area contributed by atoms with E-state index >= 15 is 0 Å². The predicted octanol–water partition coefficient (Wildman–Crippen LogP) is 14.4. The van der Waals surface area contributed by atoms with Gasteiger partial charge in [0.25, 0.3) is 0 Å². The van der Waals surface area contributed by atoms with Gasteiger partial charge in [-0.1, -0.05) is 194 Å². The van der Waals surface area contributed by atoms with Crippen molar-refractivity contribution in [2.24, 2.45) is 0 Å². The molecule has 0 atom stereocenters. The predicted molar refractivity (Wildman–Crippen MR) is 256 cm³/mol. The Morgan fingerprint density at radius 1 is 0.258 bits per heavy atom. The van der Waals surface area contributed by atoms with Crippen molar-refractivity contribution in [3.8, 4) is 67.8 Å². The SMILES string of the molecule is c1ccc(-c2cccc(-c3ccc(-c4nc(-c5ccccc5)nc(-n5c6ccccc6c6ccc7c8ccccc8n(-c8cccc(-c9ccccc9)c8)c7c65)n4)cc3)c2)cc1. The Labute approximate surface area is 358 Å². The summed E-state index contributed by atoms with van der Waals surface area (Å²) in [5, 5.41) is 4.60. The average molecular weight is 792 g/mol. The number of fused-ring (bicyclic) bond motifs is 7. The molecule has 0 aliphatic carbocycles. The molecule has 0 unspecified atom stereocenters. The minimum atomic E-state index is 0.557. The lowest BCUT2D eigenvalue weighted by molar-refractivity contribution is 0.953. The number of rotatable bonds is 7. The van der Waals surface area contributed by atoms with Crippen LogP contribution in [0.1, 0.15) is 0 Å². The molecule has 0 N–H and O–H groups in total. The molecule has 0 aliphatic rings. The molecular weight excluding hydrogens is 755 g/mol. The maximum atomic E-state index is 5.38. The van der Waals surface area contributed by atoms with Crippen molar-refractivity contribution in [3.63, 3.8) is 0 Å². The molecule has 0 amide bonds. The van der Waals surface area contributed by atoms with Gasteiger partial charge in [0, 0.05) is 38.4 Å². The van der Waals surface area contributed by atoms with Gasteiger partial charge in [0.2, 0.25) is 5.95 Å². The smallest absolute Gasteiger partial charge is 0.238 e. The topological polar surface area (TPSA) is 48.5 Å². The zero-order valence-corrected chi connectivity index (χ0v) is 33.6. The molecule has 3 heterocycles. The Morgan fingerprint density at radius 3 is 1.24 bits per heavy atom. The van der Waals surface area contributed by atoms with E-state index in [4.69, 9.17) is 15.0 Å². The van der Waals surface area contributed by atoms with Crippen LogP contribution in [0.4, 0.5) is 0 Å². The number of nitrogens with zero attached hydrogens (tertiary/aromatic N) is 5. The molecule has 5 nitrogen and oxygen atoms in total. The third-order valence-corrected chi connectivity index (χ3v) is 12.0. The van der Waals surface area contributed by atoms with Gasteiger partial charge in [-0.25, -0.2) is 4.98 Å². The summed E-state index contributed by atoms with van der Waals surface area (Å²) in [6, 6.07) is 79.2. The van der Waals surface area contributed by atoms with Gasteiger partial charge in [0.1, 0.15) is 0 Å². The van der Waals surface area contributed by atoms with Gasteiger partial charge < -0.3 is 4.57 Å². The standard InChI is InChI=1S/C57H37N5/c1-4-16-38(17-5-1)43-22-14-23-44(36-43)40-30-32-42(33-31-40)56-58-55(41-20-8-3-9-21-41)59-57(60-56)62-52-29-13-11-27-48(52)50-35-34-49-47-26-10-12-28-51(47)61(53(49)54(50)62)46-25-15-24-45(37-46)39-18-6-2-7-19-39/h1-37H. The Hall–Kier alpha value is -8.41. The molecule has 0 aliphatic heterocycles. The molecule has 62 heavy (non-hydrogen) atoms. The summed E-state index contributed by atoms with van der Waals surface area (Å²) >= 11 is 0. The Morgan fingerprint density at radius 2 is 0.661 bits per heavy atom. The fourth-order valence-corrected chi connectivity index (χ4v) is 9.06. The van der Waals surface area contributed by atoms with Gasteiger partial charge >= 0.3 is 0 Å². The molecule has 0 fully saturated rings. The zero-order valence-electron chi connectivity index (χ0n) is 33.6. The summed E-state index contributed by atoms with van der Waals surface area (Å²) in [4.78, 5) is 15.9. The van der Waals surface area contributed by atoms with Crippen molar-refractivity contribution in [3.05, 3.63) is 224 Å². The van der Waals surface area contributed by atoms with E-state index in [1.165, 1.54) is 22.1 Å². The molecule has 12 rings (SSSR count). The Kier molecular flexibility index (Phi) is 8.42. The highest BCUT2D eigenvalue weighted by atomic mass is 15.2. The van der Waals surface area contributed by atoms with E-state index < -0.39 is 0 Å². The second-order valence-corrected chi connectivity index (χ2v) is 15.7. The summed E-state index contributed by atoms with van der Waals surface area (Å²) in [7, 11) is 0. The molecule has 0 saturated heterocycles. The van der Waals surface area contributed by atoms with Crippen LogP contribution in [0.5, 0.6) is 0 Å². The fraction of sp³-hybridized carbons (Fsp3) is 0. The summed E-state index contributed by atoms with van der Waals surface area (Å²) in [6.07, 6.45) is 0. The molecule has 0 spiro atoms. The van der Waals surface area contributed by atoms with E-state index in [0.29, 0.717) is 17.6 Å². The number of benzene rings is 9. The van der Waals surface area contributed by atoms with Crippen LogP contribution in [-0.4, -0.2) is 24.1 Å². The lowest BCUT2D eigenvalue weighted by Crippen LogP contribution is -2.07. The summed E-state index contributed by atoms with van der Waals surface area (Å²) in [5.74, 6) is 1.77. The van der Waals surface area contributed by atoms with Crippen LogP contribution in [0.2, 0.25) is 0 Å². The van der Waals surface area contributed by atoms with E-state index in [-0.39, 0.29) is 0 Å². The van der Waals surface area contributed by atoms with Gasteiger partial charge in [0.15, 0.2) is 11.6 Å². The maximum absolute atomic E-state index is 5.38. The molecule has 3 aromatic heterocycles. The van der Waals surface area contributed by atoms with Crippen molar-refractivity contribution in [1.82, 2.24) is 24.1 Å². The van der Waals surface area contributed by atoms with Crippen molar-refractivity contribution < 1.29 is 0 Å². The van der Waals surface area contributed by atoms with Crippen LogP contribution in [0.15, 0.2) is 224 Å². The van der Waals surface area contributed by atoms with Crippen molar-refractivity contribution >= 4 is 43.6 Å². The maximum Gasteiger partial charge on any atom is 0.238 e. The highest BCUT2D eigenvalue weighted by molar-refractivity contribution is 6.23. The molecule has 0 radical (unpaired) electrons. The first-order valence-corrected chi connectivity index (χ1v) is 20.9. The highest BCUT2D eigenvalue weighted by Crippen LogP contribution is 2.42. The lowest BCUT2D eigenvalue weighted by Gasteiger charge is -2.14. The lowest BCUT2D eigenvalue weighted by atomic mass is 9.98. The van der Waals surface area contributed by atoms with E-state index in [1.54, 1.807) is 0 Å². The summed E-state index contributed by atoms with van der Waals surface area (Å²) in [6.45, 7) is 0. The molecule has 0 bridgehead atoms. The quantitative estimate of drug-likeness (QED) is 0.162. The van der Waals surface area contributed by atoms with Crippen LogP contribution in [-0.2, 0) is 0 Å². The molecule has 12 aromatic rings. The number of para-hydroxylation sites is 2. The molecule has 0 saturated carbocycles.